The first-order valence-corrected chi connectivity index (χ1v) is 6.69. The van der Waals surface area contributed by atoms with E-state index in [1.807, 2.05) is 0 Å². The van der Waals surface area contributed by atoms with Crippen LogP contribution in [0.5, 0.6) is 0 Å². The molecule has 0 spiro atoms. The Morgan fingerprint density at radius 3 is 1.61 bits per heavy atom. The van der Waals surface area contributed by atoms with Crippen LogP contribution in [0, 0.1) is 0 Å². The summed E-state index contributed by atoms with van der Waals surface area (Å²) in [5, 5.41) is 0. The maximum absolute atomic E-state index is 5.49. The van der Waals surface area contributed by atoms with E-state index in [0.717, 1.165) is 51.3 Å². The largest absolute Gasteiger partial charge is 0.463 e. The van der Waals surface area contributed by atoms with Crippen LogP contribution in [0.4, 0.5) is 0 Å². The summed E-state index contributed by atoms with van der Waals surface area (Å²) in [7, 11) is 0. The number of rotatable bonds is 5. The van der Waals surface area contributed by atoms with Crippen LogP contribution >= 0.6 is 0 Å². The second kappa shape index (κ2) is 6.47. The first-order chi connectivity index (χ1) is 8.85. The zero-order chi connectivity index (χ0) is 12.8. The Kier molecular flexibility index (Phi) is 4.66. The van der Waals surface area contributed by atoms with Gasteiger partial charge in [0.2, 0.25) is 0 Å². The summed E-state index contributed by atoms with van der Waals surface area (Å²) in [5.41, 5.74) is 0. The molecule has 0 N–H and O–H groups in total. The van der Waals surface area contributed by atoms with E-state index in [-0.39, 0.29) is 0 Å². The normalized spacial score (nSPS) is 17.9. The lowest BCUT2D eigenvalue weighted by molar-refractivity contribution is 0.233. The van der Waals surface area contributed by atoms with Crippen LogP contribution in [-0.4, -0.2) is 74.3 Å². The Labute approximate surface area is 108 Å². The Hall–Kier alpha value is -1.46. The van der Waals surface area contributed by atoms with Crippen LogP contribution < -0.4 is 0 Å². The molecule has 18 heavy (non-hydrogen) atoms. The number of aliphatic imine (C=N–C) groups is 2. The van der Waals surface area contributed by atoms with Gasteiger partial charge in [-0.15, -0.1) is 0 Å². The van der Waals surface area contributed by atoms with E-state index >= 15 is 0 Å². The zero-order valence-electron chi connectivity index (χ0n) is 11.3. The first kappa shape index (κ1) is 13.0. The highest BCUT2D eigenvalue weighted by atomic mass is 16.5. The van der Waals surface area contributed by atoms with Gasteiger partial charge in [0.05, 0.1) is 13.1 Å². The van der Waals surface area contributed by atoms with Gasteiger partial charge in [-0.05, 0) is 13.8 Å². The van der Waals surface area contributed by atoms with E-state index in [9.17, 15) is 0 Å². The van der Waals surface area contributed by atoms with Crippen molar-refractivity contribution in [2.75, 3.05) is 52.5 Å². The van der Waals surface area contributed by atoms with Crippen LogP contribution in [0.3, 0.4) is 0 Å². The maximum Gasteiger partial charge on any atom is 0.287 e. The van der Waals surface area contributed by atoms with E-state index < -0.39 is 0 Å². The molecule has 0 atom stereocenters. The van der Waals surface area contributed by atoms with Gasteiger partial charge in [0.25, 0.3) is 12.0 Å². The van der Waals surface area contributed by atoms with Crippen LogP contribution in [0.2, 0.25) is 0 Å². The molecule has 102 valence electrons. The molecule has 2 aliphatic heterocycles. The van der Waals surface area contributed by atoms with E-state index in [2.05, 4.69) is 33.6 Å². The third-order valence-electron chi connectivity index (χ3n) is 3.08. The van der Waals surface area contributed by atoms with Crippen molar-refractivity contribution in [1.29, 1.82) is 0 Å². The number of hydrogen-bond acceptors (Lipinski definition) is 6. The van der Waals surface area contributed by atoms with Gasteiger partial charge in [0.15, 0.2) is 0 Å². The van der Waals surface area contributed by atoms with Crippen LogP contribution in [0.25, 0.3) is 0 Å². The summed E-state index contributed by atoms with van der Waals surface area (Å²) in [6.45, 7) is 10.8. The highest BCUT2D eigenvalue weighted by Gasteiger charge is 2.19. The van der Waals surface area contributed by atoms with Crippen molar-refractivity contribution in [3.8, 4) is 0 Å². The number of amidine groups is 2. The van der Waals surface area contributed by atoms with Crippen molar-refractivity contribution in [2.45, 2.75) is 13.8 Å². The smallest absolute Gasteiger partial charge is 0.287 e. The average Bonchev–Trinajstić information content (AvgIpc) is 3.07. The van der Waals surface area contributed by atoms with E-state index in [4.69, 9.17) is 9.47 Å². The predicted molar refractivity (Wildman–Crippen MR) is 71.0 cm³/mol. The minimum Gasteiger partial charge on any atom is -0.463 e. The molecule has 0 fully saturated rings. The summed E-state index contributed by atoms with van der Waals surface area (Å²) in [6.07, 6.45) is 0. The first-order valence-electron chi connectivity index (χ1n) is 6.69. The molecule has 0 amide bonds. The van der Waals surface area contributed by atoms with Gasteiger partial charge in [0.1, 0.15) is 13.2 Å². The van der Waals surface area contributed by atoms with E-state index in [1.54, 1.807) is 0 Å². The lowest BCUT2D eigenvalue weighted by Crippen LogP contribution is -2.41. The third kappa shape index (κ3) is 3.05. The van der Waals surface area contributed by atoms with E-state index in [0.29, 0.717) is 13.2 Å². The predicted octanol–water partition coefficient (Wildman–Crippen LogP) is 0.403. The molecule has 0 unspecified atom stereocenters. The second-order valence-corrected chi connectivity index (χ2v) is 4.18. The monoisotopic (exact) mass is 254 g/mol. The van der Waals surface area contributed by atoms with Gasteiger partial charge < -0.3 is 19.3 Å². The Morgan fingerprint density at radius 1 is 0.889 bits per heavy atom. The standard InChI is InChI=1S/C12H22N4O2/c1-3-15(11-13-5-9-17-11)7-8-16(4-2)12-14-6-10-18-12/h3-10H2,1-2H3. The van der Waals surface area contributed by atoms with Gasteiger partial charge in [0, 0.05) is 26.2 Å². The molecule has 2 aliphatic rings. The van der Waals surface area contributed by atoms with Crippen LogP contribution in [-0.2, 0) is 9.47 Å². The van der Waals surface area contributed by atoms with E-state index in [1.165, 1.54) is 0 Å². The van der Waals surface area contributed by atoms with Gasteiger partial charge in [-0.2, -0.15) is 0 Å². The molecule has 0 radical (unpaired) electrons. The number of likely N-dealkylation sites (N-methyl/N-ethyl adjacent to an activating group) is 2. The lowest BCUT2D eigenvalue weighted by Gasteiger charge is -2.27. The SMILES string of the molecule is CCN(CCN(CC)C1=NCCO1)C1=NCCO1. The highest BCUT2D eigenvalue weighted by molar-refractivity contribution is 5.76. The number of ether oxygens (including phenoxy) is 2. The molecule has 0 aromatic carbocycles. The average molecular weight is 254 g/mol. The molecule has 0 saturated carbocycles. The van der Waals surface area contributed by atoms with Crippen molar-refractivity contribution >= 4 is 12.0 Å². The highest BCUT2D eigenvalue weighted by Crippen LogP contribution is 2.04. The van der Waals surface area contributed by atoms with Crippen molar-refractivity contribution < 1.29 is 9.47 Å². The van der Waals surface area contributed by atoms with Gasteiger partial charge >= 0.3 is 0 Å². The fraction of sp³-hybridized carbons (Fsp3) is 0.833. The van der Waals surface area contributed by atoms with Gasteiger partial charge in [-0.25, -0.2) is 9.98 Å². The summed E-state index contributed by atoms with van der Waals surface area (Å²) >= 11 is 0. The van der Waals surface area contributed by atoms with Gasteiger partial charge in [-0.1, -0.05) is 0 Å². The van der Waals surface area contributed by atoms with Crippen LogP contribution in [0.15, 0.2) is 9.98 Å². The number of hydrogen-bond donors (Lipinski definition) is 0. The molecule has 0 saturated heterocycles. The molecule has 0 bridgehead atoms. The Morgan fingerprint density at radius 2 is 1.33 bits per heavy atom. The van der Waals surface area contributed by atoms with Gasteiger partial charge in [-0.3, -0.25) is 0 Å². The molecular weight excluding hydrogens is 232 g/mol. The summed E-state index contributed by atoms with van der Waals surface area (Å²) < 4.78 is 11.0. The zero-order valence-corrected chi connectivity index (χ0v) is 11.3. The van der Waals surface area contributed by atoms with Crippen molar-refractivity contribution in [2.24, 2.45) is 9.98 Å². The fourth-order valence-corrected chi connectivity index (χ4v) is 2.05. The molecule has 6 nitrogen and oxygen atoms in total. The maximum atomic E-state index is 5.49. The number of nitrogens with zero attached hydrogens (tertiary/aromatic N) is 4. The van der Waals surface area contributed by atoms with Crippen molar-refractivity contribution in [1.82, 2.24) is 9.80 Å². The molecule has 2 heterocycles. The topological polar surface area (TPSA) is 49.7 Å². The lowest BCUT2D eigenvalue weighted by atomic mass is 10.4. The van der Waals surface area contributed by atoms with Crippen molar-refractivity contribution in [3.63, 3.8) is 0 Å². The summed E-state index contributed by atoms with van der Waals surface area (Å²) in [5.74, 6) is 0. The molecule has 0 aromatic heterocycles. The quantitative estimate of drug-likeness (QED) is 0.713. The molecular formula is C12H22N4O2. The Balaban J connectivity index is 1.84. The third-order valence-corrected chi connectivity index (χ3v) is 3.08. The molecule has 2 rings (SSSR count). The molecule has 6 heteroatoms. The molecule has 0 aromatic rings. The molecule has 0 aliphatic carbocycles. The summed E-state index contributed by atoms with van der Waals surface area (Å²) in [4.78, 5) is 13.0. The van der Waals surface area contributed by atoms with Crippen molar-refractivity contribution in [3.05, 3.63) is 0 Å². The second-order valence-electron chi connectivity index (χ2n) is 4.18. The minimum absolute atomic E-state index is 0.707. The van der Waals surface area contributed by atoms with Crippen LogP contribution in [0.1, 0.15) is 13.8 Å². The Bertz CT molecular complexity index is 298. The fourth-order valence-electron chi connectivity index (χ4n) is 2.05. The summed E-state index contributed by atoms with van der Waals surface area (Å²) in [6, 6.07) is 1.56. The minimum atomic E-state index is 0.707.